The van der Waals surface area contributed by atoms with E-state index >= 15 is 0 Å². The number of aromatic nitrogens is 3. The zero-order valence-corrected chi connectivity index (χ0v) is 9.99. The number of pyridine rings is 1. The van der Waals surface area contributed by atoms with E-state index in [4.69, 9.17) is 0 Å². The van der Waals surface area contributed by atoms with E-state index in [-0.39, 0.29) is 0 Å². The van der Waals surface area contributed by atoms with Crippen LogP contribution in [-0.2, 0) is 20.0 Å². The molecule has 0 amide bonds. The van der Waals surface area contributed by atoms with Crippen LogP contribution in [0.5, 0.6) is 0 Å². The van der Waals surface area contributed by atoms with Gasteiger partial charge in [0.2, 0.25) is 0 Å². The van der Waals surface area contributed by atoms with Crippen molar-refractivity contribution in [2.24, 2.45) is 7.05 Å². The number of fused-ring (bicyclic) bond motifs is 3. The van der Waals surface area contributed by atoms with Gasteiger partial charge in [-0.05, 0) is 31.5 Å². The number of hydrogen-bond donors (Lipinski definition) is 0. The van der Waals surface area contributed by atoms with Gasteiger partial charge < -0.3 is 4.90 Å². The summed E-state index contributed by atoms with van der Waals surface area (Å²) >= 11 is 0. The molecule has 0 N–H and O–H groups in total. The van der Waals surface area contributed by atoms with Crippen LogP contribution < -0.4 is 0 Å². The molecule has 0 fully saturated rings. The molecule has 2 aromatic heterocycles. The minimum Gasteiger partial charge on any atom is -0.302 e. The van der Waals surface area contributed by atoms with E-state index in [9.17, 15) is 0 Å². The van der Waals surface area contributed by atoms with Gasteiger partial charge in [-0.3, -0.25) is 4.68 Å². The summed E-state index contributed by atoms with van der Waals surface area (Å²) in [5.74, 6) is 0. The van der Waals surface area contributed by atoms with Gasteiger partial charge in [0.1, 0.15) is 0 Å². The highest BCUT2D eigenvalue weighted by Crippen LogP contribution is 2.27. The Hall–Kier alpha value is -1.42. The second-order valence-electron chi connectivity index (χ2n) is 4.66. The summed E-state index contributed by atoms with van der Waals surface area (Å²) in [5.41, 5.74) is 4.93. The lowest BCUT2D eigenvalue weighted by Gasteiger charge is -2.25. The summed E-state index contributed by atoms with van der Waals surface area (Å²) in [6, 6.07) is 0. The molecule has 0 atom stereocenters. The van der Waals surface area contributed by atoms with Gasteiger partial charge >= 0.3 is 0 Å². The van der Waals surface area contributed by atoms with E-state index in [2.05, 4.69) is 29.0 Å². The smallest absolute Gasteiger partial charge is 0.158 e. The van der Waals surface area contributed by atoms with Gasteiger partial charge in [0, 0.05) is 31.7 Å². The molecule has 3 heterocycles. The average molecular weight is 216 g/mol. The van der Waals surface area contributed by atoms with Gasteiger partial charge in [-0.25, -0.2) is 4.98 Å². The first kappa shape index (κ1) is 9.78. The Bertz CT molecular complexity index is 556. The van der Waals surface area contributed by atoms with Crippen molar-refractivity contribution < 1.29 is 0 Å². The second kappa shape index (κ2) is 3.28. The van der Waals surface area contributed by atoms with Gasteiger partial charge in [-0.2, -0.15) is 5.10 Å². The van der Waals surface area contributed by atoms with Crippen molar-refractivity contribution in [3.63, 3.8) is 0 Å². The van der Waals surface area contributed by atoms with E-state index in [0.717, 1.165) is 30.9 Å². The molecule has 0 spiro atoms. The minimum atomic E-state index is 1.01. The van der Waals surface area contributed by atoms with Crippen LogP contribution in [-0.4, -0.2) is 33.3 Å². The first-order valence-corrected chi connectivity index (χ1v) is 5.65. The lowest BCUT2D eigenvalue weighted by atomic mass is 9.98. The molecule has 1 aliphatic rings. The molecule has 84 valence electrons. The molecule has 2 aromatic rings. The molecule has 3 rings (SSSR count). The molecule has 0 radical (unpaired) electrons. The SMILES string of the molecule is Cc1nn(C)c2ncc3c(c12)CCN(C)C3. The molecule has 4 nitrogen and oxygen atoms in total. The van der Waals surface area contributed by atoms with Gasteiger partial charge in [-0.15, -0.1) is 0 Å². The number of likely N-dealkylation sites (N-methyl/N-ethyl adjacent to an activating group) is 1. The third-order valence-corrected chi connectivity index (χ3v) is 3.41. The van der Waals surface area contributed by atoms with Crippen molar-refractivity contribution in [2.45, 2.75) is 19.9 Å². The number of rotatable bonds is 0. The van der Waals surface area contributed by atoms with E-state index in [1.807, 2.05) is 17.9 Å². The third kappa shape index (κ3) is 1.26. The quantitative estimate of drug-likeness (QED) is 0.665. The molecule has 16 heavy (non-hydrogen) atoms. The highest BCUT2D eigenvalue weighted by molar-refractivity contribution is 5.83. The molecule has 4 heteroatoms. The standard InChI is InChI=1S/C12H16N4/c1-8-11-10-4-5-15(2)7-9(10)6-13-12(11)16(3)14-8/h6H,4-5,7H2,1-3H3. The van der Waals surface area contributed by atoms with Crippen LogP contribution in [0.2, 0.25) is 0 Å². The summed E-state index contributed by atoms with van der Waals surface area (Å²) in [7, 11) is 4.12. The van der Waals surface area contributed by atoms with Crippen LogP contribution in [0.25, 0.3) is 11.0 Å². The van der Waals surface area contributed by atoms with Crippen LogP contribution in [0.4, 0.5) is 0 Å². The summed E-state index contributed by atoms with van der Waals surface area (Å²) in [6.07, 6.45) is 3.12. The molecule has 0 saturated heterocycles. The van der Waals surface area contributed by atoms with Crippen molar-refractivity contribution >= 4 is 11.0 Å². The van der Waals surface area contributed by atoms with Gasteiger partial charge in [0.15, 0.2) is 5.65 Å². The summed E-state index contributed by atoms with van der Waals surface area (Å²) < 4.78 is 1.88. The first-order valence-electron chi connectivity index (χ1n) is 5.65. The second-order valence-corrected chi connectivity index (χ2v) is 4.66. The van der Waals surface area contributed by atoms with Gasteiger partial charge in [0.25, 0.3) is 0 Å². The predicted molar refractivity (Wildman–Crippen MR) is 63.3 cm³/mol. The lowest BCUT2D eigenvalue weighted by molar-refractivity contribution is 0.313. The molecule has 0 aromatic carbocycles. The van der Waals surface area contributed by atoms with Crippen molar-refractivity contribution in [3.8, 4) is 0 Å². The fourth-order valence-corrected chi connectivity index (χ4v) is 2.62. The van der Waals surface area contributed by atoms with E-state index < -0.39 is 0 Å². The van der Waals surface area contributed by atoms with Crippen LogP contribution in [0.15, 0.2) is 6.20 Å². The summed E-state index contributed by atoms with van der Waals surface area (Å²) in [6.45, 7) is 4.20. The Morgan fingerprint density at radius 3 is 2.94 bits per heavy atom. The van der Waals surface area contributed by atoms with Gasteiger partial charge in [0.05, 0.1) is 5.69 Å². The topological polar surface area (TPSA) is 34.0 Å². The van der Waals surface area contributed by atoms with Crippen LogP contribution >= 0.6 is 0 Å². The van der Waals surface area contributed by atoms with Crippen molar-refractivity contribution in [2.75, 3.05) is 13.6 Å². The molecule has 1 aliphatic heterocycles. The van der Waals surface area contributed by atoms with Crippen molar-refractivity contribution in [1.82, 2.24) is 19.7 Å². The first-order chi connectivity index (χ1) is 7.66. The van der Waals surface area contributed by atoms with E-state index in [0.29, 0.717) is 0 Å². The average Bonchev–Trinajstić information content (AvgIpc) is 2.54. The Labute approximate surface area is 94.9 Å². The molecule has 0 unspecified atom stereocenters. The van der Waals surface area contributed by atoms with Crippen LogP contribution in [0.1, 0.15) is 16.8 Å². The maximum Gasteiger partial charge on any atom is 0.158 e. The molecule has 0 saturated carbocycles. The maximum absolute atomic E-state index is 4.52. The normalized spacial score (nSPS) is 16.7. The van der Waals surface area contributed by atoms with Crippen molar-refractivity contribution in [1.29, 1.82) is 0 Å². The fraction of sp³-hybridized carbons (Fsp3) is 0.500. The zero-order valence-electron chi connectivity index (χ0n) is 9.99. The maximum atomic E-state index is 4.52. The Morgan fingerprint density at radius 1 is 1.31 bits per heavy atom. The molecule has 0 aliphatic carbocycles. The Kier molecular flexibility index (Phi) is 2.01. The Morgan fingerprint density at radius 2 is 2.12 bits per heavy atom. The third-order valence-electron chi connectivity index (χ3n) is 3.41. The largest absolute Gasteiger partial charge is 0.302 e. The van der Waals surface area contributed by atoms with E-state index in [1.165, 1.54) is 16.5 Å². The zero-order chi connectivity index (χ0) is 11.3. The number of nitrogens with zero attached hydrogens (tertiary/aromatic N) is 4. The molecule has 0 bridgehead atoms. The summed E-state index contributed by atoms with van der Waals surface area (Å²) in [5, 5.41) is 5.73. The van der Waals surface area contributed by atoms with Gasteiger partial charge in [-0.1, -0.05) is 0 Å². The van der Waals surface area contributed by atoms with Crippen LogP contribution in [0, 0.1) is 6.92 Å². The Balaban J connectivity index is 2.31. The van der Waals surface area contributed by atoms with Crippen LogP contribution in [0.3, 0.4) is 0 Å². The minimum absolute atomic E-state index is 1.01. The summed E-state index contributed by atoms with van der Waals surface area (Å²) in [4.78, 5) is 6.86. The predicted octanol–water partition coefficient (Wildman–Crippen LogP) is 1.26. The van der Waals surface area contributed by atoms with E-state index in [1.54, 1.807) is 0 Å². The highest BCUT2D eigenvalue weighted by Gasteiger charge is 2.19. The van der Waals surface area contributed by atoms with Crippen molar-refractivity contribution in [3.05, 3.63) is 23.0 Å². The fourth-order valence-electron chi connectivity index (χ4n) is 2.62. The number of hydrogen-bond acceptors (Lipinski definition) is 3. The monoisotopic (exact) mass is 216 g/mol. The lowest BCUT2D eigenvalue weighted by Crippen LogP contribution is -2.26. The molecular weight excluding hydrogens is 200 g/mol. The molecular formula is C12H16N4. The number of aryl methyl sites for hydroxylation is 2. The highest BCUT2D eigenvalue weighted by atomic mass is 15.3.